The summed E-state index contributed by atoms with van der Waals surface area (Å²) < 4.78 is 5.08. The molecule has 1 aromatic carbocycles. The number of ether oxygens (including phenoxy) is 1. The Morgan fingerprint density at radius 3 is 2.92 bits per heavy atom. The molecule has 13 heavy (non-hydrogen) atoms. The van der Waals surface area contributed by atoms with E-state index in [1.54, 1.807) is 13.2 Å². The highest BCUT2D eigenvalue weighted by Gasteiger charge is 2.37. The fourth-order valence-corrected chi connectivity index (χ4v) is 1.73. The molecule has 2 nitrogen and oxygen atoms in total. The van der Waals surface area contributed by atoms with Crippen LogP contribution in [0.5, 0.6) is 5.75 Å². The van der Waals surface area contributed by atoms with Gasteiger partial charge in [0.15, 0.2) is 0 Å². The summed E-state index contributed by atoms with van der Waals surface area (Å²) in [6, 6.07) is 5.69. The van der Waals surface area contributed by atoms with E-state index in [1.807, 2.05) is 18.2 Å². The van der Waals surface area contributed by atoms with E-state index in [-0.39, 0.29) is 0 Å². The van der Waals surface area contributed by atoms with Crippen LogP contribution in [-0.2, 0) is 12.0 Å². The normalized spacial score (nSPS) is 24.5. The van der Waals surface area contributed by atoms with Gasteiger partial charge in [0.2, 0.25) is 0 Å². The molecule has 0 spiro atoms. The van der Waals surface area contributed by atoms with Gasteiger partial charge < -0.3 is 9.84 Å². The van der Waals surface area contributed by atoms with Crippen LogP contribution in [0.2, 0.25) is 0 Å². The zero-order chi connectivity index (χ0) is 9.47. The predicted octanol–water partition coefficient (Wildman–Crippen LogP) is 1.62. The minimum atomic E-state index is -0.804. The molecule has 0 fully saturated rings. The number of methoxy groups -OCH3 is 1. The number of hydrogen-bond acceptors (Lipinski definition) is 2. The molecule has 1 aromatic rings. The molecule has 0 saturated carbocycles. The third-order valence-electron chi connectivity index (χ3n) is 2.58. The van der Waals surface area contributed by atoms with Crippen LogP contribution in [0.4, 0.5) is 0 Å². The Morgan fingerprint density at radius 2 is 2.38 bits per heavy atom. The molecule has 0 bridgehead atoms. The molecule has 2 rings (SSSR count). The van der Waals surface area contributed by atoms with Crippen LogP contribution in [0, 0.1) is 0 Å². The fraction of sp³-hybridized carbons (Fsp3) is 0.273. The van der Waals surface area contributed by atoms with E-state index in [0.29, 0.717) is 6.42 Å². The maximum absolute atomic E-state index is 9.88. The van der Waals surface area contributed by atoms with Gasteiger partial charge >= 0.3 is 0 Å². The zero-order valence-electron chi connectivity index (χ0n) is 7.58. The second kappa shape index (κ2) is 2.60. The number of aliphatic hydroxyl groups is 1. The van der Waals surface area contributed by atoms with Crippen LogP contribution in [0.3, 0.4) is 0 Å². The molecule has 0 amide bonds. The third-order valence-corrected chi connectivity index (χ3v) is 2.58. The van der Waals surface area contributed by atoms with Crippen LogP contribution in [0.15, 0.2) is 30.9 Å². The molecule has 1 aliphatic rings. The molecule has 0 aromatic heterocycles. The summed E-state index contributed by atoms with van der Waals surface area (Å²) in [5, 5.41) is 9.88. The number of fused-ring (bicyclic) bond motifs is 1. The van der Waals surface area contributed by atoms with Crippen molar-refractivity contribution in [1.29, 1.82) is 0 Å². The molecule has 68 valence electrons. The summed E-state index contributed by atoms with van der Waals surface area (Å²) in [4.78, 5) is 0. The van der Waals surface area contributed by atoms with E-state index in [4.69, 9.17) is 4.74 Å². The van der Waals surface area contributed by atoms with Gasteiger partial charge in [-0.2, -0.15) is 0 Å². The highest BCUT2D eigenvalue weighted by Crippen LogP contribution is 2.41. The second-order valence-corrected chi connectivity index (χ2v) is 3.33. The van der Waals surface area contributed by atoms with Crippen LogP contribution in [0.25, 0.3) is 0 Å². The first-order valence-electron chi connectivity index (χ1n) is 4.23. The summed E-state index contributed by atoms with van der Waals surface area (Å²) in [5.74, 6) is 0.838. The maximum Gasteiger partial charge on any atom is 0.119 e. The summed E-state index contributed by atoms with van der Waals surface area (Å²) in [6.45, 7) is 3.61. The first-order chi connectivity index (χ1) is 6.19. The van der Waals surface area contributed by atoms with Crippen molar-refractivity contribution >= 4 is 0 Å². The molecular weight excluding hydrogens is 164 g/mol. The first-order valence-corrected chi connectivity index (χ1v) is 4.23. The van der Waals surface area contributed by atoms with Gasteiger partial charge in [-0.1, -0.05) is 18.7 Å². The van der Waals surface area contributed by atoms with Gasteiger partial charge in [0.05, 0.1) is 7.11 Å². The summed E-state index contributed by atoms with van der Waals surface area (Å²) in [6.07, 6.45) is 2.23. The van der Waals surface area contributed by atoms with Gasteiger partial charge in [-0.05, 0) is 23.3 Å². The zero-order valence-corrected chi connectivity index (χ0v) is 7.58. The van der Waals surface area contributed by atoms with Crippen molar-refractivity contribution < 1.29 is 9.84 Å². The summed E-state index contributed by atoms with van der Waals surface area (Å²) in [5.41, 5.74) is 1.28. The largest absolute Gasteiger partial charge is 0.497 e. The minimum absolute atomic E-state index is 0.642. The molecule has 1 N–H and O–H groups in total. The molecule has 1 atom stereocenters. The Balaban J connectivity index is 2.41. The minimum Gasteiger partial charge on any atom is -0.497 e. The molecule has 0 radical (unpaired) electrons. The molecule has 0 saturated heterocycles. The summed E-state index contributed by atoms with van der Waals surface area (Å²) >= 11 is 0. The Bertz CT molecular complexity index is 357. The van der Waals surface area contributed by atoms with E-state index in [1.165, 1.54) is 0 Å². The van der Waals surface area contributed by atoms with Gasteiger partial charge in [-0.25, -0.2) is 0 Å². The van der Waals surface area contributed by atoms with E-state index < -0.39 is 5.60 Å². The fourth-order valence-electron chi connectivity index (χ4n) is 1.73. The molecule has 1 unspecified atom stereocenters. The lowest BCUT2D eigenvalue weighted by atomic mass is 9.73. The monoisotopic (exact) mass is 176 g/mol. The van der Waals surface area contributed by atoms with Crippen molar-refractivity contribution in [2.24, 2.45) is 0 Å². The van der Waals surface area contributed by atoms with Gasteiger partial charge in [0, 0.05) is 6.42 Å². The van der Waals surface area contributed by atoms with Crippen LogP contribution >= 0.6 is 0 Å². The van der Waals surface area contributed by atoms with Crippen LogP contribution in [0.1, 0.15) is 11.1 Å². The molecule has 1 aliphatic carbocycles. The summed E-state index contributed by atoms with van der Waals surface area (Å²) in [7, 11) is 1.64. The standard InChI is InChI=1S/C11H12O2/c1-3-11(12)7-8-6-9(13-2)4-5-10(8)11/h3-6,12H,1,7H2,2H3. The van der Waals surface area contributed by atoms with Crippen LogP contribution in [-0.4, -0.2) is 12.2 Å². The lowest BCUT2D eigenvalue weighted by Gasteiger charge is -2.37. The molecule has 0 heterocycles. The van der Waals surface area contributed by atoms with Crippen molar-refractivity contribution in [3.8, 4) is 5.75 Å². The van der Waals surface area contributed by atoms with Crippen molar-refractivity contribution in [2.75, 3.05) is 7.11 Å². The Morgan fingerprint density at radius 1 is 1.62 bits per heavy atom. The van der Waals surface area contributed by atoms with Gasteiger partial charge in [0.25, 0.3) is 0 Å². The lowest BCUT2D eigenvalue weighted by Crippen LogP contribution is -2.36. The van der Waals surface area contributed by atoms with Crippen molar-refractivity contribution in [3.63, 3.8) is 0 Å². The Kier molecular flexibility index (Phi) is 1.67. The van der Waals surface area contributed by atoms with Crippen molar-refractivity contribution in [3.05, 3.63) is 42.0 Å². The van der Waals surface area contributed by atoms with E-state index in [9.17, 15) is 5.11 Å². The second-order valence-electron chi connectivity index (χ2n) is 3.33. The quantitative estimate of drug-likeness (QED) is 0.694. The SMILES string of the molecule is C=CC1(O)Cc2cc(OC)ccc21. The van der Waals surface area contributed by atoms with Crippen LogP contribution < -0.4 is 4.74 Å². The van der Waals surface area contributed by atoms with E-state index in [2.05, 4.69) is 6.58 Å². The highest BCUT2D eigenvalue weighted by molar-refractivity contribution is 5.49. The van der Waals surface area contributed by atoms with Crippen molar-refractivity contribution in [2.45, 2.75) is 12.0 Å². The van der Waals surface area contributed by atoms with E-state index in [0.717, 1.165) is 16.9 Å². The van der Waals surface area contributed by atoms with Gasteiger partial charge in [-0.3, -0.25) is 0 Å². The molecule has 2 heteroatoms. The topological polar surface area (TPSA) is 29.5 Å². The predicted molar refractivity (Wildman–Crippen MR) is 50.8 cm³/mol. The van der Waals surface area contributed by atoms with Gasteiger partial charge in [-0.15, -0.1) is 0 Å². The number of benzene rings is 1. The Hall–Kier alpha value is -1.28. The molecular formula is C11H12O2. The Labute approximate surface area is 77.5 Å². The highest BCUT2D eigenvalue weighted by atomic mass is 16.5. The smallest absolute Gasteiger partial charge is 0.119 e. The van der Waals surface area contributed by atoms with E-state index >= 15 is 0 Å². The number of rotatable bonds is 2. The average Bonchev–Trinajstić information content (AvgIpc) is 2.15. The average molecular weight is 176 g/mol. The maximum atomic E-state index is 9.88. The number of hydrogen-bond donors (Lipinski definition) is 1. The van der Waals surface area contributed by atoms with Crippen molar-refractivity contribution in [1.82, 2.24) is 0 Å². The van der Waals surface area contributed by atoms with Gasteiger partial charge in [0.1, 0.15) is 11.4 Å². The lowest BCUT2D eigenvalue weighted by molar-refractivity contribution is 0.0650. The molecule has 0 aliphatic heterocycles. The first kappa shape index (κ1) is 8.32. The third kappa shape index (κ3) is 1.06.